The van der Waals surface area contributed by atoms with Crippen LogP contribution in [0.15, 0.2) is 52.1 Å². The van der Waals surface area contributed by atoms with Crippen LogP contribution in [-0.2, 0) is 6.54 Å². The summed E-state index contributed by atoms with van der Waals surface area (Å²) in [5.74, 6) is 0.348. The van der Waals surface area contributed by atoms with E-state index >= 15 is 0 Å². The third-order valence-electron chi connectivity index (χ3n) is 3.10. The molecule has 0 radical (unpaired) electrons. The minimum atomic E-state index is -0.277. The van der Waals surface area contributed by atoms with Gasteiger partial charge in [0.15, 0.2) is 11.7 Å². The first-order chi connectivity index (χ1) is 11.7. The van der Waals surface area contributed by atoms with Crippen LogP contribution >= 0.6 is 24.0 Å². The second-order valence-corrected chi connectivity index (χ2v) is 4.99. The van der Waals surface area contributed by atoms with Gasteiger partial charge in [0, 0.05) is 19.6 Å². The number of carbonyl (C=O) groups excluding carboxylic acids is 1. The summed E-state index contributed by atoms with van der Waals surface area (Å²) in [5.41, 5.74) is 0.790. The number of aliphatic imine (C=N–C) groups is 1. The van der Waals surface area contributed by atoms with Gasteiger partial charge in [-0.25, -0.2) is 9.38 Å². The third-order valence-corrected chi connectivity index (χ3v) is 3.10. The summed E-state index contributed by atoms with van der Waals surface area (Å²) in [5, 5.41) is 8.94. The highest BCUT2D eigenvalue weighted by Gasteiger charge is 2.06. The molecule has 0 aliphatic carbocycles. The largest absolute Gasteiger partial charge is 0.459 e. The first-order valence-electron chi connectivity index (χ1n) is 7.77. The average Bonchev–Trinajstić information content (AvgIpc) is 3.11. The summed E-state index contributed by atoms with van der Waals surface area (Å²) < 4.78 is 18.2. The monoisotopic (exact) mass is 460 g/mol. The standard InChI is InChI=1S/C17H21FN4O2.HI/c1-2-19-17(22-12-13-5-3-6-14(18)11-13)21-9-8-20-16(23)15-7-4-10-24-15;/h3-7,10-11H,2,8-9,12H2,1H3,(H,20,23)(H2,19,21,22);1H. The quantitative estimate of drug-likeness (QED) is 0.257. The van der Waals surface area contributed by atoms with Gasteiger partial charge in [-0.2, -0.15) is 0 Å². The molecule has 136 valence electrons. The number of rotatable bonds is 7. The van der Waals surface area contributed by atoms with Gasteiger partial charge in [0.05, 0.1) is 12.8 Å². The van der Waals surface area contributed by atoms with Crippen molar-refractivity contribution in [2.75, 3.05) is 19.6 Å². The molecule has 25 heavy (non-hydrogen) atoms. The molecule has 8 heteroatoms. The number of halogens is 2. The van der Waals surface area contributed by atoms with Gasteiger partial charge in [-0.3, -0.25) is 4.79 Å². The van der Waals surface area contributed by atoms with Crippen molar-refractivity contribution in [3.63, 3.8) is 0 Å². The van der Waals surface area contributed by atoms with E-state index in [1.807, 2.05) is 13.0 Å². The molecular weight excluding hydrogens is 438 g/mol. The fourth-order valence-corrected chi connectivity index (χ4v) is 2.00. The number of nitrogens with one attached hydrogen (secondary N) is 3. The summed E-state index contributed by atoms with van der Waals surface area (Å²) in [4.78, 5) is 16.1. The van der Waals surface area contributed by atoms with Crippen LogP contribution in [0.1, 0.15) is 23.0 Å². The molecule has 6 nitrogen and oxygen atoms in total. The minimum Gasteiger partial charge on any atom is -0.459 e. The number of hydrogen-bond donors (Lipinski definition) is 3. The number of guanidine groups is 1. The summed E-state index contributed by atoms with van der Waals surface area (Å²) >= 11 is 0. The lowest BCUT2D eigenvalue weighted by Crippen LogP contribution is -2.41. The van der Waals surface area contributed by atoms with Crippen molar-refractivity contribution in [3.05, 3.63) is 59.8 Å². The van der Waals surface area contributed by atoms with Gasteiger partial charge in [-0.15, -0.1) is 24.0 Å². The van der Waals surface area contributed by atoms with E-state index in [-0.39, 0.29) is 41.5 Å². The highest BCUT2D eigenvalue weighted by Crippen LogP contribution is 2.04. The molecule has 0 aliphatic rings. The first-order valence-corrected chi connectivity index (χ1v) is 7.77. The van der Waals surface area contributed by atoms with Crippen LogP contribution in [0.2, 0.25) is 0 Å². The molecular formula is C17H22FIN4O2. The maximum absolute atomic E-state index is 13.2. The smallest absolute Gasteiger partial charge is 0.287 e. The second kappa shape index (κ2) is 11.5. The van der Waals surface area contributed by atoms with E-state index < -0.39 is 0 Å². The van der Waals surface area contributed by atoms with Crippen LogP contribution < -0.4 is 16.0 Å². The van der Waals surface area contributed by atoms with Crippen molar-refractivity contribution in [2.45, 2.75) is 13.5 Å². The highest BCUT2D eigenvalue weighted by atomic mass is 127. The van der Waals surface area contributed by atoms with E-state index in [4.69, 9.17) is 4.42 Å². The van der Waals surface area contributed by atoms with Crippen LogP contribution in [0.25, 0.3) is 0 Å². The van der Waals surface area contributed by atoms with Gasteiger partial charge in [0.25, 0.3) is 5.91 Å². The van der Waals surface area contributed by atoms with Crippen molar-refractivity contribution in [1.29, 1.82) is 0 Å². The van der Waals surface area contributed by atoms with Gasteiger partial charge in [-0.1, -0.05) is 12.1 Å². The van der Waals surface area contributed by atoms with E-state index in [2.05, 4.69) is 20.9 Å². The van der Waals surface area contributed by atoms with Gasteiger partial charge in [0.2, 0.25) is 0 Å². The molecule has 0 bridgehead atoms. The molecule has 2 rings (SSSR count). The third kappa shape index (κ3) is 7.55. The minimum absolute atomic E-state index is 0. The summed E-state index contributed by atoms with van der Waals surface area (Å²) in [6.45, 7) is 3.95. The number of furan rings is 1. The van der Waals surface area contributed by atoms with Crippen LogP contribution in [0.4, 0.5) is 4.39 Å². The van der Waals surface area contributed by atoms with E-state index in [1.165, 1.54) is 18.4 Å². The Labute approximate surface area is 163 Å². The molecule has 0 saturated heterocycles. The van der Waals surface area contributed by atoms with E-state index in [0.717, 1.165) is 5.56 Å². The first kappa shape index (κ1) is 20.9. The lowest BCUT2D eigenvalue weighted by atomic mass is 10.2. The van der Waals surface area contributed by atoms with Gasteiger partial charge in [-0.05, 0) is 36.8 Å². The van der Waals surface area contributed by atoms with Crippen LogP contribution in [-0.4, -0.2) is 31.5 Å². The average molecular weight is 460 g/mol. The van der Waals surface area contributed by atoms with Crippen LogP contribution in [0, 0.1) is 5.82 Å². The zero-order valence-electron chi connectivity index (χ0n) is 13.9. The van der Waals surface area contributed by atoms with E-state index in [9.17, 15) is 9.18 Å². The van der Waals surface area contributed by atoms with Crippen molar-refractivity contribution in [1.82, 2.24) is 16.0 Å². The number of hydrogen-bond acceptors (Lipinski definition) is 3. The predicted octanol–water partition coefficient (Wildman–Crippen LogP) is 2.52. The fraction of sp³-hybridized carbons (Fsp3) is 0.294. The van der Waals surface area contributed by atoms with Crippen molar-refractivity contribution in [3.8, 4) is 0 Å². The van der Waals surface area contributed by atoms with E-state index in [0.29, 0.717) is 32.1 Å². The molecule has 0 fully saturated rings. The zero-order valence-corrected chi connectivity index (χ0v) is 16.3. The molecule has 2 aromatic rings. The Morgan fingerprint density at radius 2 is 1.96 bits per heavy atom. The van der Waals surface area contributed by atoms with Crippen molar-refractivity contribution < 1.29 is 13.6 Å². The molecule has 0 atom stereocenters. The molecule has 0 saturated carbocycles. The molecule has 0 aliphatic heterocycles. The Kier molecular flexibility index (Phi) is 9.60. The Morgan fingerprint density at radius 3 is 2.64 bits per heavy atom. The maximum atomic E-state index is 13.2. The Morgan fingerprint density at radius 1 is 1.16 bits per heavy atom. The number of benzene rings is 1. The zero-order chi connectivity index (χ0) is 17.2. The molecule has 1 heterocycles. The lowest BCUT2D eigenvalue weighted by Gasteiger charge is -2.11. The topological polar surface area (TPSA) is 78.7 Å². The Hall–Kier alpha value is -2.10. The highest BCUT2D eigenvalue weighted by molar-refractivity contribution is 14.0. The summed E-state index contributed by atoms with van der Waals surface area (Å²) in [7, 11) is 0. The lowest BCUT2D eigenvalue weighted by molar-refractivity contribution is 0.0926. The predicted molar refractivity (Wildman–Crippen MR) is 106 cm³/mol. The Bertz CT molecular complexity index is 677. The van der Waals surface area contributed by atoms with E-state index in [1.54, 1.807) is 18.2 Å². The number of amides is 1. The van der Waals surface area contributed by atoms with Gasteiger partial charge >= 0.3 is 0 Å². The molecule has 1 aromatic heterocycles. The molecule has 0 unspecified atom stereocenters. The normalized spacial score (nSPS) is 10.7. The van der Waals surface area contributed by atoms with Crippen molar-refractivity contribution in [2.24, 2.45) is 4.99 Å². The second-order valence-electron chi connectivity index (χ2n) is 4.99. The van der Waals surface area contributed by atoms with Crippen LogP contribution in [0.5, 0.6) is 0 Å². The fourth-order valence-electron chi connectivity index (χ4n) is 2.00. The molecule has 1 aromatic carbocycles. The number of carbonyl (C=O) groups is 1. The molecule has 3 N–H and O–H groups in total. The van der Waals surface area contributed by atoms with Crippen LogP contribution in [0.3, 0.4) is 0 Å². The van der Waals surface area contributed by atoms with Gasteiger partial charge < -0.3 is 20.4 Å². The molecule has 1 amide bonds. The molecule has 0 spiro atoms. The van der Waals surface area contributed by atoms with Gasteiger partial charge in [0.1, 0.15) is 5.82 Å². The summed E-state index contributed by atoms with van der Waals surface area (Å²) in [6.07, 6.45) is 1.45. The summed E-state index contributed by atoms with van der Waals surface area (Å²) in [6, 6.07) is 9.60. The SMILES string of the molecule is CCNC(=NCc1cccc(F)c1)NCCNC(=O)c1ccco1.I. The maximum Gasteiger partial charge on any atom is 0.287 e. The van der Waals surface area contributed by atoms with Crippen molar-refractivity contribution >= 4 is 35.8 Å². The Balaban J connectivity index is 0.00000312. The number of nitrogens with zero attached hydrogens (tertiary/aromatic N) is 1.